The molecule has 9 heteroatoms. The minimum atomic E-state index is -3.73. The molecule has 26 heavy (non-hydrogen) atoms. The van der Waals surface area contributed by atoms with E-state index >= 15 is 0 Å². The zero-order chi connectivity index (χ0) is 19.3. The van der Waals surface area contributed by atoms with Crippen molar-refractivity contribution < 1.29 is 22.3 Å². The van der Waals surface area contributed by atoms with Crippen LogP contribution in [0.3, 0.4) is 0 Å². The standard InChI is InChI=1S/C17H16ClFN2O4S/c1-20-26(23,24)16-9-11(3-7-15(16)25-2)4-8-17(22)21-14-6-5-12(18)10-13(14)19/h3-10,20H,1-2H3,(H,21,22)/b8-4+. The third-order valence-corrected chi connectivity index (χ3v) is 5.03. The van der Waals surface area contributed by atoms with Crippen LogP contribution < -0.4 is 14.8 Å². The van der Waals surface area contributed by atoms with Crippen molar-refractivity contribution in [3.05, 3.63) is 58.9 Å². The van der Waals surface area contributed by atoms with Crippen LogP contribution in [0.15, 0.2) is 47.4 Å². The summed E-state index contributed by atoms with van der Waals surface area (Å²) in [6.07, 6.45) is 2.56. The van der Waals surface area contributed by atoms with Crippen molar-refractivity contribution in [3.63, 3.8) is 0 Å². The summed E-state index contributed by atoms with van der Waals surface area (Å²) in [7, 11) is -1.09. The van der Waals surface area contributed by atoms with E-state index in [1.54, 1.807) is 6.07 Å². The van der Waals surface area contributed by atoms with Gasteiger partial charge in [-0.3, -0.25) is 4.79 Å². The minimum absolute atomic E-state index is 0.0165. The van der Waals surface area contributed by atoms with Gasteiger partial charge < -0.3 is 10.1 Å². The predicted molar refractivity (Wildman–Crippen MR) is 98.3 cm³/mol. The summed E-state index contributed by atoms with van der Waals surface area (Å²) in [5.41, 5.74) is 0.434. The number of rotatable bonds is 6. The molecular weight excluding hydrogens is 383 g/mol. The lowest BCUT2D eigenvalue weighted by molar-refractivity contribution is -0.111. The summed E-state index contributed by atoms with van der Waals surface area (Å²) in [5, 5.41) is 2.59. The Morgan fingerprint density at radius 1 is 1.23 bits per heavy atom. The Bertz CT molecular complexity index is 961. The highest BCUT2D eigenvalue weighted by atomic mass is 35.5. The first-order chi connectivity index (χ1) is 12.3. The number of carbonyl (C=O) groups is 1. The van der Waals surface area contributed by atoms with Gasteiger partial charge in [0.15, 0.2) is 0 Å². The normalized spacial score (nSPS) is 11.5. The zero-order valence-electron chi connectivity index (χ0n) is 13.9. The summed E-state index contributed by atoms with van der Waals surface area (Å²) in [4.78, 5) is 11.9. The number of benzene rings is 2. The third-order valence-electron chi connectivity index (χ3n) is 3.36. The second-order valence-corrected chi connectivity index (χ2v) is 7.36. The Labute approximate surface area is 155 Å². The molecule has 0 unspecified atom stereocenters. The molecule has 2 rings (SSSR count). The summed E-state index contributed by atoms with van der Waals surface area (Å²) in [6.45, 7) is 0. The van der Waals surface area contributed by atoms with Crippen molar-refractivity contribution >= 4 is 39.3 Å². The van der Waals surface area contributed by atoms with Gasteiger partial charge in [0, 0.05) is 11.1 Å². The average Bonchev–Trinajstić information content (AvgIpc) is 2.62. The highest BCUT2D eigenvalue weighted by Gasteiger charge is 2.17. The Kier molecular flexibility index (Phi) is 6.36. The fourth-order valence-electron chi connectivity index (χ4n) is 2.05. The lowest BCUT2D eigenvalue weighted by atomic mass is 10.2. The number of amides is 1. The van der Waals surface area contributed by atoms with Gasteiger partial charge in [-0.2, -0.15) is 0 Å². The second kappa shape index (κ2) is 8.31. The van der Waals surface area contributed by atoms with E-state index in [9.17, 15) is 17.6 Å². The van der Waals surface area contributed by atoms with E-state index < -0.39 is 21.7 Å². The van der Waals surface area contributed by atoms with Crippen molar-refractivity contribution in [2.24, 2.45) is 0 Å². The van der Waals surface area contributed by atoms with Crippen LogP contribution in [0.5, 0.6) is 5.75 Å². The number of methoxy groups -OCH3 is 1. The molecule has 0 aliphatic rings. The van der Waals surface area contributed by atoms with Crippen molar-refractivity contribution in [3.8, 4) is 5.75 Å². The maximum atomic E-state index is 13.7. The molecule has 0 fully saturated rings. The largest absolute Gasteiger partial charge is 0.495 e. The van der Waals surface area contributed by atoms with E-state index in [2.05, 4.69) is 10.0 Å². The highest BCUT2D eigenvalue weighted by molar-refractivity contribution is 7.89. The van der Waals surface area contributed by atoms with Crippen LogP contribution in [0.1, 0.15) is 5.56 Å². The average molecular weight is 399 g/mol. The van der Waals surface area contributed by atoms with Crippen molar-refractivity contribution in [2.45, 2.75) is 4.90 Å². The van der Waals surface area contributed by atoms with Crippen LogP contribution in [-0.2, 0) is 14.8 Å². The lowest BCUT2D eigenvalue weighted by Crippen LogP contribution is -2.19. The highest BCUT2D eigenvalue weighted by Crippen LogP contribution is 2.25. The molecule has 0 spiro atoms. The molecule has 2 N–H and O–H groups in total. The smallest absolute Gasteiger partial charge is 0.248 e. The number of carbonyl (C=O) groups excluding carboxylic acids is 1. The van der Waals surface area contributed by atoms with Gasteiger partial charge in [-0.05, 0) is 49.0 Å². The molecule has 0 aliphatic carbocycles. The van der Waals surface area contributed by atoms with Crippen LogP contribution in [0, 0.1) is 5.82 Å². The van der Waals surface area contributed by atoms with Gasteiger partial charge in [-0.1, -0.05) is 17.7 Å². The fourth-order valence-corrected chi connectivity index (χ4v) is 3.14. The maximum Gasteiger partial charge on any atom is 0.248 e. The van der Waals surface area contributed by atoms with E-state index in [4.69, 9.17) is 16.3 Å². The van der Waals surface area contributed by atoms with Gasteiger partial charge in [-0.25, -0.2) is 17.5 Å². The van der Waals surface area contributed by atoms with E-state index in [0.717, 1.165) is 12.1 Å². The Hall–Kier alpha value is -2.42. The van der Waals surface area contributed by atoms with E-state index in [1.165, 1.54) is 44.5 Å². The van der Waals surface area contributed by atoms with Gasteiger partial charge in [-0.15, -0.1) is 0 Å². The maximum absolute atomic E-state index is 13.7. The first-order valence-electron chi connectivity index (χ1n) is 7.32. The molecule has 0 atom stereocenters. The topological polar surface area (TPSA) is 84.5 Å². The molecule has 2 aromatic carbocycles. The molecule has 0 bridgehead atoms. The van der Waals surface area contributed by atoms with Gasteiger partial charge in [0.25, 0.3) is 0 Å². The quantitative estimate of drug-likeness (QED) is 0.732. The lowest BCUT2D eigenvalue weighted by Gasteiger charge is -2.09. The van der Waals surface area contributed by atoms with E-state index in [1.807, 2.05) is 0 Å². The van der Waals surface area contributed by atoms with Gasteiger partial charge in [0.2, 0.25) is 15.9 Å². The summed E-state index contributed by atoms with van der Waals surface area (Å²) in [5.74, 6) is -1.07. The molecular formula is C17H16ClFN2O4S. The first-order valence-corrected chi connectivity index (χ1v) is 9.18. The van der Waals surface area contributed by atoms with Crippen LogP contribution in [0.4, 0.5) is 10.1 Å². The summed E-state index contributed by atoms with van der Waals surface area (Å²) >= 11 is 5.65. The molecule has 138 valence electrons. The molecule has 0 saturated carbocycles. The molecule has 1 amide bonds. The van der Waals surface area contributed by atoms with Crippen molar-refractivity contribution in [2.75, 3.05) is 19.5 Å². The molecule has 0 aliphatic heterocycles. The van der Waals surface area contributed by atoms with Crippen molar-refractivity contribution in [1.29, 1.82) is 0 Å². The number of hydrogen-bond acceptors (Lipinski definition) is 4. The second-order valence-electron chi connectivity index (χ2n) is 5.06. The van der Waals surface area contributed by atoms with E-state index in [0.29, 0.717) is 5.56 Å². The SMILES string of the molecule is CNS(=O)(=O)c1cc(/C=C/C(=O)Nc2ccc(Cl)cc2F)ccc1OC. The van der Waals surface area contributed by atoms with Gasteiger partial charge in [0.05, 0.1) is 12.8 Å². The van der Waals surface area contributed by atoms with Gasteiger partial charge >= 0.3 is 0 Å². The number of sulfonamides is 1. The Morgan fingerprint density at radius 2 is 1.96 bits per heavy atom. The minimum Gasteiger partial charge on any atom is -0.495 e. The van der Waals surface area contributed by atoms with Crippen LogP contribution in [0.2, 0.25) is 5.02 Å². The monoisotopic (exact) mass is 398 g/mol. The van der Waals surface area contributed by atoms with Crippen molar-refractivity contribution in [1.82, 2.24) is 4.72 Å². The molecule has 0 heterocycles. The number of halogens is 2. The molecule has 2 aromatic rings. The number of nitrogens with one attached hydrogen (secondary N) is 2. The van der Waals surface area contributed by atoms with Crippen LogP contribution in [-0.4, -0.2) is 28.5 Å². The predicted octanol–water partition coefficient (Wildman–Crippen LogP) is 3.05. The first kappa shape index (κ1) is 19.9. The summed E-state index contributed by atoms with van der Waals surface area (Å²) in [6, 6.07) is 8.29. The number of anilines is 1. The third kappa shape index (κ3) is 4.81. The Morgan fingerprint density at radius 3 is 2.58 bits per heavy atom. The molecule has 6 nitrogen and oxygen atoms in total. The number of ether oxygens (including phenoxy) is 1. The Balaban J connectivity index is 2.22. The fraction of sp³-hybridized carbons (Fsp3) is 0.118. The zero-order valence-corrected chi connectivity index (χ0v) is 15.5. The van der Waals surface area contributed by atoms with Crippen LogP contribution >= 0.6 is 11.6 Å². The van der Waals surface area contributed by atoms with Gasteiger partial charge in [0.1, 0.15) is 16.5 Å². The van der Waals surface area contributed by atoms with Crippen LogP contribution in [0.25, 0.3) is 6.08 Å². The summed E-state index contributed by atoms with van der Waals surface area (Å²) < 4.78 is 45.0. The molecule has 0 saturated heterocycles. The molecule has 0 radical (unpaired) electrons. The molecule has 0 aromatic heterocycles. The number of hydrogen-bond donors (Lipinski definition) is 2. The van der Waals surface area contributed by atoms with E-state index in [-0.39, 0.29) is 21.4 Å².